The molecule has 0 aromatic heterocycles. The number of aliphatic hydroxyl groups is 1. The monoisotopic (exact) mass is 195 g/mol. The lowest BCUT2D eigenvalue weighted by molar-refractivity contribution is -0.107. The molecule has 0 spiro atoms. The van der Waals surface area contributed by atoms with Crippen LogP contribution in [0, 0.1) is 5.92 Å². The van der Waals surface area contributed by atoms with Crippen LogP contribution in [0.15, 0.2) is 0 Å². The van der Waals surface area contributed by atoms with Gasteiger partial charge in [-0.25, -0.2) is 0 Å². The molecule has 2 nitrogen and oxygen atoms in total. The number of fused-ring (bicyclic) bond motifs is 2. The average molecular weight is 195 g/mol. The number of hydrogen-bond acceptors (Lipinski definition) is 2. The van der Waals surface area contributed by atoms with Crippen molar-refractivity contribution in [2.75, 3.05) is 7.05 Å². The molecule has 80 valence electrons. The molecular weight excluding hydrogens is 174 g/mol. The molecule has 0 aromatic carbocycles. The van der Waals surface area contributed by atoms with Gasteiger partial charge >= 0.3 is 0 Å². The van der Waals surface area contributed by atoms with E-state index in [1.54, 1.807) is 0 Å². The van der Waals surface area contributed by atoms with Gasteiger partial charge in [-0.05, 0) is 51.5 Å². The predicted octanol–water partition coefficient (Wildman–Crippen LogP) is 1.77. The third-order valence-corrected chi connectivity index (χ3v) is 5.03. The molecule has 0 amide bonds. The topological polar surface area (TPSA) is 23.5 Å². The molecule has 2 heteroatoms. The van der Waals surface area contributed by atoms with Gasteiger partial charge in [0.25, 0.3) is 0 Å². The van der Waals surface area contributed by atoms with Crippen LogP contribution >= 0.6 is 0 Å². The Morgan fingerprint density at radius 1 is 1.07 bits per heavy atom. The minimum absolute atomic E-state index is 0.281. The lowest BCUT2D eigenvalue weighted by atomic mass is 9.67. The molecule has 2 heterocycles. The van der Waals surface area contributed by atoms with Crippen LogP contribution in [0.3, 0.4) is 0 Å². The fourth-order valence-corrected chi connectivity index (χ4v) is 3.76. The van der Waals surface area contributed by atoms with Gasteiger partial charge < -0.3 is 10.0 Å². The van der Waals surface area contributed by atoms with E-state index in [9.17, 15) is 5.11 Å². The minimum atomic E-state index is -0.281. The standard InChI is InChI=1S/C12H21NO/c1-13-10-5-6-11(13)8-12(14,7-10)9-3-2-4-9/h9-11,14H,2-8H2,1H3. The summed E-state index contributed by atoms with van der Waals surface area (Å²) in [6.07, 6.45) is 8.62. The zero-order chi connectivity index (χ0) is 9.76. The third-order valence-electron chi connectivity index (χ3n) is 5.03. The van der Waals surface area contributed by atoms with Crippen molar-refractivity contribution in [3.05, 3.63) is 0 Å². The second-order valence-electron chi connectivity index (χ2n) is 5.69. The Labute approximate surface area is 86.3 Å². The number of piperidine rings is 1. The van der Waals surface area contributed by atoms with Gasteiger partial charge in [-0.3, -0.25) is 0 Å². The highest BCUT2D eigenvalue weighted by Gasteiger charge is 2.50. The van der Waals surface area contributed by atoms with Crippen LogP contribution in [0.25, 0.3) is 0 Å². The van der Waals surface area contributed by atoms with Crippen molar-refractivity contribution >= 4 is 0 Å². The Kier molecular flexibility index (Phi) is 1.94. The van der Waals surface area contributed by atoms with E-state index in [0.29, 0.717) is 18.0 Å². The Morgan fingerprint density at radius 2 is 1.64 bits per heavy atom. The maximum atomic E-state index is 10.7. The maximum Gasteiger partial charge on any atom is 0.0705 e. The zero-order valence-corrected chi connectivity index (χ0v) is 9.08. The highest BCUT2D eigenvalue weighted by molar-refractivity contribution is 5.04. The fraction of sp³-hybridized carbons (Fsp3) is 1.00. The molecule has 0 radical (unpaired) electrons. The van der Waals surface area contributed by atoms with Gasteiger partial charge in [0.15, 0.2) is 0 Å². The molecule has 2 aliphatic heterocycles. The fourth-order valence-electron chi connectivity index (χ4n) is 3.76. The molecule has 14 heavy (non-hydrogen) atoms. The molecule has 1 aliphatic carbocycles. The molecule has 1 N–H and O–H groups in total. The highest BCUT2D eigenvalue weighted by atomic mass is 16.3. The normalized spacial score (nSPS) is 49.3. The van der Waals surface area contributed by atoms with E-state index in [-0.39, 0.29) is 5.60 Å². The summed E-state index contributed by atoms with van der Waals surface area (Å²) in [5.74, 6) is 0.638. The molecule has 2 bridgehead atoms. The highest BCUT2D eigenvalue weighted by Crippen LogP contribution is 2.48. The van der Waals surface area contributed by atoms with E-state index in [4.69, 9.17) is 0 Å². The van der Waals surface area contributed by atoms with Crippen molar-refractivity contribution in [1.29, 1.82) is 0 Å². The van der Waals surface area contributed by atoms with Crippen molar-refractivity contribution in [3.63, 3.8) is 0 Å². The zero-order valence-electron chi connectivity index (χ0n) is 9.08. The Morgan fingerprint density at radius 3 is 2.07 bits per heavy atom. The van der Waals surface area contributed by atoms with Crippen molar-refractivity contribution in [2.24, 2.45) is 5.92 Å². The summed E-state index contributed by atoms with van der Waals surface area (Å²) >= 11 is 0. The Balaban J connectivity index is 1.77. The predicted molar refractivity (Wildman–Crippen MR) is 56.1 cm³/mol. The third kappa shape index (κ3) is 1.17. The van der Waals surface area contributed by atoms with E-state index >= 15 is 0 Å². The molecular formula is C12H21NO. The molecule has 0 aromatic rings. The van der Waals surface area contributed by atoms with Gasteiger partial charge in [0.1, 0.15) is 0 Å². The maximum absolute atomic E-state index is 10.7. The van der Waals surface area contributed by atoms with E-state index in [1.807, 2.05) is 0 Å². The van der Waals surface area contributed by atoms with E-state index in [1.165, 1.54) is 32.1 Å². The van der Waals surface area contributed by atoms with Gasteiger partial charge in [-0.1, -0.05) is 6.42 Å². The first-order chi connectivity index (χ1) is 6.69. The van der Waals surface area contributed by atoms with Gasteiger partial charge in [0, 0.05) is 12.1 Å². The number of rotatable bonds is 1. The molecule has 2 saturated heterocycles. The van der Waals surface area contributed by atoms with Crippen LogP contribution < -0.4 is 0 Å². The van der Waals surface area contributed by atoms with Crippen LogP contribution in [0.4, 0.5) is 0 Å². The van der Waals surface area contributed by atoms with Gasteiger partial charge in [-0.2, -0.15) is 0 Å². The van der Waals surface area contributed by atoms with Crippen LogP contribution in [0.2, 0.25) is 0 Å². The van der Waals surface area contributed by atoms with Crippen LogP contribution in [0.1, 0.15) is 44.9 Å². The molecule has 2 atom stereocenters. The smallest absolute Gasteiger partial charge is 0.0705 e. The van der Waals surface area contributed by atoms with Gasteiger partial charge in [-0.15, -0.1) is 0 Å². The Hall–Kier alpha value is -0.0800. The number of nitrogens with zero attached hydrogens (tertiary/aromatic N) is 1. The summed E-state index contributed by atoms with van der Waals surface area (Å²) in [4.78, 5) is 2.51. The van der Waals surface area contributed by atoms with Gasteiger partial charge in [0.05, 0.1) is 5.60 Å². The van der Waals surface area contributed by atoms with E-state index < -0.39 is 0 Å². The summed E-state index contributed by atoms with van der Waals surface area (Å²) in [5.41, 5.74) is -0.281. The van der Waals surface area contributed by atoms with Crippen molar-refractivity contribution in [2.45, 2.75) is 62.6 Å². The quantitative estimate of drug-likeness (QED) is 0.689. The molecule has 1 saturated carbocycles. The molecule has 3 rings (SSSR count). The number of hydrogen-bond donors (Lipinski definition) is 1. The lowest BCUT2D eigenvalue weighted by Gasteiger charge is -2.49. The van der Waals surface area contributed by atoms with Crippen LogP contribution in [0.5, 0.6) is 0 Å². The average Bonchev–Trinajstić information content (AvgIpc) is 2.31. The first-order valence-corrected chi connectivity index (χ1v) is 6.13. The summed E-state index contributed by atoms with van der Waals surface area (Å²) in [6, 6.07) is 1.36. The first-order valence-electron chi connectivity index (χ1n) is 6.13. The second kappa shape index (κ2) is 2.96. The van der Waals surface area contributed by atoms with Gasteiger partial charge in [0.2, 0.25) is 0 Å². The van der Waals surface area contributed by atoms with E-state index in [0.717, 1.165) is 12.8 Å². The summed E-state index contributed by atoms with van der Waals surface area (Å²) in [6.45, 7) is 0. The largest absolute Gasteiger partial charge is 0.389 e. The first kappa shape index (κ1) is 9.17. The lowest BCUT2D eigenvalue weighted by Crippen LogP contribution is -2.54. The van der Waals surface area contributed by atoms with Crippen molar-refractivity contribution in [3.8, 4) is 0 Å². The Bertz CT molecular complexity index is 222. The van der Waals surface area contributed by atoms with Crippen LogP contribution in [-0.4, -0.2) is 34.7 Å². The van der Waals surface area contributed by atoms with E-state index in [2.05, 4.69) is 11.9 Å². The second-order valence-corrected chi connectivity index (χ2v) is 5.69. The molecule has 3 aliphatic rings. The summed E-state index contributed by atoms with van der Waals surface area (Å²) in [7, 11) is 2.24. The SMILES string of the molecule is CN1C2CCC1CC(O)(C1CCC1)C2. The van der Waals surface area contributed by atoms with Crippen molar-refractivity contribution in [1.82, 2.24) is 4.90 Å². The summed E-state index contributed by atoms with van der Waals surface area (Å²) in [5, 5.41) is 10.7. The summed E-state index contributed by atoms with van der Waals surface area (Å²) < 4.78 is 0. The van der Waals surface area contributed by atoms with Crippen LogP contribution in [-0.2, 0) is 0 Å². The van der Waals surface area contributed by atoms with Crippen molar-refractivity contribution < 1.29 is 5.11 Å². The molecule has 2 unspecified atom stereocenters. The molecule has 3 fully saturated rings. The minimum Gasteiger partial charge on any atom is -0.389 e.